The van der Waals surface area contributed by atoms with Crippen LogP contribution < -0.4 is 5.32 Å². The summed E-state index contributed by atoms with van der Waals surface area (Å²) in [4.78, 5) is 15.3. The van der Waals surface area contributed by atoms with Gasteiger partial charge in [0, 0.05) is 6.20 Å². The molecule has 0 bridgehead atoms. The lowest BCUT2D eigenvalue weighted by Crippen LogP contribution is -2.47. The molecular weight excluding hydrogens is 248 g/mol. The fraction of sp³-hybridized carbons (Fsp3) is 0.538. The Morgan fingerprint density at radius 2 is 2.28 bits per heavy atom. The minimum atomic E-state index is -0.810. The zero-order chi connectivity index (χ0) is 13.4. The van der Waals surface area contributed by atoms with Crippen LogP contribution in [0, 0.1) is 0 Å². The number of likely N-dealkylation sites (N-methyl/N-ethyl adjacent to an activating group) is 1. The maximum Gasteiger partial charge on any atom is 0.323 e. The van der Waals surface area contributed by atoms with E-state index in [-0.39, 0.29) is 0 Å². The largest absolute Gasteiger partial charge is 0.480 e. The molecule has 4 nitrogen and oxygen atoms in total. The van der Waals surface area contributed by atoms with Gasteiger partial charge in [-0.15, -0.1) is 11.8 Å². The van der Waals surface area contributed by atoms with Gasteiger partial charge in [0.15, 0.2) is 0 Å². The van der Waals surface area contributed by atoms with E-state index in [1.807, 2.05) is 18.2 Å². The van der Waals surface area contributed by atoms with Gasteiger partial charge in [-0.25, -0.2) is 4.98 Å². The molecule has 100 valence electrons. The minimum Gasteiger partial charge on any atom is -0.480 e. The highest BCUT2D eigenvalue weighted by Crippen LogP contribution is 2.19. The van der Waals surface area contributed by atoms with E-state index in [0.29, 0.717) is 6.42 Å². The maximum atomic E-state index is 11.1. The zero-order valence-electron chi connectivity index (χ0n) is 10.8. The van der Waals surface area contributed by atoms with E-state index >= 15 is 0 Å². The van der Waals surface area contributed by atoms with E-state index in [0.717, 1.165) is 23.6 Å². The average molecular weight is 268 g/mol. The van der Waals surface area contributed by atoms with Gasteiger partial charge in [0.2, 0.25) is 0 Å². The molecule has 5 heteroatoms. The molecule has 18 heavy (non-hydrogen) atoms. The molecule has 0 saturated heterocycles. The summed E-state index contributed by atoms with van der Waals surface area (Å²) < 4.78 is 0. The lowest BCUT2D eigenvalue weighted by atomic mass is 9.95. The van der Waals surface area contributed by atoms with Gasteiger partial charge in [0.1, 0.15) is 5.54 Å². The fourth-order valence-electron chi connectivity index (χ4n) is 1.53. The van der Waals surface area contributed by atoms with E-state index in [2.05, 4.69) is 10.3 Å². The first-order valence-electron chi connectivity index (χ1n) is 6.04. The van der Waals surface area contributed by atoms with Crippen LogP contribution in [-0.2, 0) is 4.79 Å². The van der Waals surface area contributed by atoms with Crippen LogP contribution in [0.25, 0.3) is 0 Å². The number of thioether (sulfide) groups is 1. The van der Waals surface area contributed by atoms with Crippen molar-refractivity contribution in [3.8, 4) is 0 Å². The first-order chi connectivity index (χ1) is 8.58. The van der Waals surface area contributed by atoms with Gasteiger partial charge in [-0.05, 0) is 44.7 Å². The minimum absolute atomic E-state index is 0.640. The molecule has 1 heterocycles. The second-order valence-corrected chi connectivity index (χ2v) is 5.48. The monoisotopic (exact) mass is 268 g/mol. The molecule has 0 spiro atoms. The number of carbonyl (C=O) groups is 1. The SMILES string of the molecule is CNC(C)(CCCCSc1ccccn1)C(=O)O. The highest BCUT2D eigenvalue weighted by molar-refractivity contribution is 7.99. The number of nitrogens with zero attached hydrogens (tertiary/aromatic N) is 1. The molecule has 1 atom stereocenters. The second kappa shape index (κ2) is 7.38. The predicted molar refractivity (Wildman–Crippen MR) is 73.9 cm³/mol. The van der Waals surface area contributed by atoms with Crippen molar-refractivity contribution >= 4 is 17.7 Å². The third kappa shape index (κ3) is 4.66. The summed E-state index contributed by atoms with van der Waals surface area (Å²) in [5, 5.41) is 13.0. The molecule has 2 N–H and O–H groups in total. The van der Waals surface area contributed by atoms with Crippen molar-refractivity contribution in [3.05, 3.63) is 24.4 Å². The van der Waals surface area contributed by atoms with Gasteiger partial charge in [-0.1, -0.05) is 12.5 Å². The quantitative estimate of drug-likeness (QED) is 0.560. The predicted octanol–water partition coefficient (Wildman–Crippen LogP) is 2.41. The van der Waals surface area contributed by atoms with Crippen LogP contribution in [0.5, 0.6) is 0 Å². The number of aromatic nitrogens is 1. The Morgan fingerprint density at radius 3 is 2.83 bits per heavy atom. The van der Waals surface area contributed by atoms with Crippen molar-refractivity contribution in [2.24, 2.45) is 0 Å². The van der Waals surface area contributed by atoms with Gasteiger partial charge >= 0.3 is 5.97 Å². The Balaban J connectivity index is 2.21. The normalized spacial score (nSPS) is 14.1. The molecule has 1 aromatic rings. The van der Waals surface area contributed by atoms with Gasteiger partial charge in [-0.2, -0.15) is 0 Å². The van der Waals surface area contributed by atoms with E-state index in [1.165, 1.54) is 0 Å². The zero-order valence-corrected chi connectivity index (χ0v) is 11.7. The van der Waals surface area contributed by atoms with Gasteiger partial charge < -0.3 is 10.4 Å². The van der Waals surface area contributed by atoms with E-state index < -0.39 is 11.5 Å². The maximum absolute atomic E-state index is 11.1. The Labute approximate surface area is 112 Å². The number of hydrogen-bond acceptors (Lipinski definition) is 4. The average Bonchev–Trinajstić information content (AvgIpc) is 2.39. The molecule has 0 aromatic carbocycles. The van der Waals surface area contributed by atoms with Crippen molar-refractivity contribution in [1.82, 2.24) is 10.3 Å². The Hall–Kier alpha value is -1.07. The number of hydrogen-bond donors (Lipinski definition) is 2. The number of nitrogens with one attached hydrogen (secondary N) is 1. The van der Waals surface area contributed by atoms with Crippen LogP contribution in [0.1, 0.15) is 26.2 Å². The van der Waals surface area contributed by atoms with E-state index in [1.54, 1.807) is 31.9 Å². The number of carboxylic acids is 1. The molecule has 0 saturated carbocycles. The summed E-state index contributed by atoms with van der Waals surface area (Å²) >= 11 is 1.71. The molecule has 1 unspecified atom stereocenters. The summed E-state index contributed by atoms with van der Waals surface area (Å²) in [6.45, 7) is 1.72. The summed E-state index contributed by atoms with van der Waals surface area (Å²) in [5.41, 5.74) is -0.810. The molecule has 1 aromatic heterocycles. The molecule has 1 rings (SSSR count). The molecule has 0 fully saturated rings. The number of aliphatic carboxylic acids is 1. The fourth-order valence-corrected chi connectivity index (χ4v) is 2.40. The lowest BCUT2D eigenvalue weighted by Gasteiger charge is -2.23. The van der Waals surface area contributed by atoms with E-state index in [9.17, 15) is 4.79 Å². The van der Waals surface area contributed by atoms with Crippen molar-refractivity contribution < 1.29 is 9.90 Å². The molecule has 0 radical (unpaired) electrons. The standard InChI is InChI=1S/C13H20N2O2S/c1-13(14-2,12(16)17)8-4-6-10-18-11-7-3-5-9-15-11/h3,5,7,9,14H,4,6,8,10H2,1-2H3,(H,16,17). The van der Waals surface area contributed by atoms with Crippen LogP contribution in [0.4, 0.5) is 0 Å². The number of rotatable bonds is 8. The highest BCUT2D eigenvalue weighted by Gasteiger charge is 2.29. The third-order valence-corrected chi connectivity index (χ3v) is 4.01. The Bertz CT molecular complexity index is 373. The molecule has 0 aliphatic carbocycles. The van der Waals surface area contributed by atoms with Crippen LogP contribution in [0.3, 0.4) is 0 Å². The summed E-state index contributed by atoms with van der Waals surface area (Å²) in [5.74, 6) is 0.179. The molecule has 0 amide bonds. The first kappa shape index (κ1) is 15.0. The van der Waals surface area contributed by atoms with Crippen molar-refractivity contribution in [2.45, 2.75) is 36.8 Å². The lowest BCUT2D eigenvalue weighted by molar-refractivity contribution is -0.144. The number of carboxylic acid groups (broad SMARTS) is 1. The van der Waals surface area contributed by atoms with Crippen molar-refractivity contribution in [1.29, 1.82) is 0 Å². The number of pyridine rings is 1. The van der Waals surface area contributed by atoms with Crippen LogP contribution in [0.2, 0.25) is 0 Å². The van der Waals surface area contributed by atoms with Gasteiger partial charge in [0.05, 0.1) is 5.03 Å². The van der Waals surface area contributed by atoms with Gasteiger partial charge in [0.25, 0.3) is 0 Å². The van der Waals surface area contributed by atoms with E-state index in [4.69, 9.17) is 5.11 Å². The third-order valence-electron chi connectivity index (χ3n) is 2.98. The summed E-state index contributed by atoms with van der Waals surface area (Å²) in [6, 6.07) is 5.85. The highest BCUT2D eigenvalue weighted by atomic mass is 32.2. The molecular formula is C13H20N2O2S. The molecule has 0 aliphatic rings. The van der Waals surface area contributed by atoms with Crippen molar-refractivity contribution in [3.63, 3.8) is 0 Å². The molecule has 0 aliphatic heterocycles. The topological polar surface area (TPSA) is 62.2 Å². The second-order valence-electron chi connectivity index (χ2n) is 4.36. The van der Waals surface area contributed by atoms with Gasteiger partial charge in [-0.3, -0.25) is 4.79 Å². The van der Waals surface area contributed by atoms with Crippen molar-refractivity contribution in [2.75, 3.05) is 12.8 Å². The summed E-state index contributed by atoms with van der Waals surface area (Å²) in [7, 11) is 1.69. The van der Waals surface area contributed by atoms with Crippen LogP contribution in [-0.4, -0.2) is 34.4 Å². The Kier molecular flexibility index (Phi) is 6.15. The smallest absolute Gasteiger partial charge is 0.323 e. The van der Waals surface area contributed by atoms with Crippen LogP contribution in [0.15, 0.2) is 29.4 Å². The summed E-state index contributed by atoms with van der Waals surface area (Å²) in [6.07, 6.45) is 4.31. The Morgan fingerprint density at radius 1 is 1.50 bits per heavy atom. The number of unbranched alkanes of at least 4 members (excludes halogenated alkanes) is 1. The first-order valence-corrected chi connectivity index (χ1v) is 7.03. The van der Waals surface area contributed by atoms with Crippen LogP contribution >= 0.6 is 11.8 Å².